The van der Waals surface area contributed by atoms with Crippen molar-refractivity contribution in [2.45, 2.75) is 0 Å². The summed E-state index contributed by atoms with van der Waals surface area (Å²) in [5.41, 5.74) is 0.941. The first-order valence-electron chi connectivity index (χ1n) is 5.59. The average molecular weight is 249 g/mol. The summed E-state index contributed by atoms with van der Waals surface area (Å²) in [7, 11) is 0. The van der Waals surface area contributed by atoms with E-state index in [4.69, 9.17) is 5.26 Å². The highest BCUT2D eigenvalue weighted by molar-refractivity contribution is 6.28. The standard InChI is InChI=1S/C15H7NO3/c16-7-8-5-11-12(6-13(8)17)15(19)10-4-2-1-3-9(10)14(11)18/h1-6,17H. The van der Waals surface area contributed by atoms with Crippen molar-refractivity contribution in [1.29, 1.82) is 5.26 Å². The maximum absolute atomic E-state index is 12.3. The number of hydrogen-bond acceptors (Lipinski definition) is 4. The molecule has 0 spiro atoms. The molecule has 0 unspecified atom stereocenters. The minimum Gasteiger partial charge on any atom is -0.507 e. The molecular weight excluding hydrogens is 242 g/mol. The normalized spacial score (nSPS) is 12.6. The summed E-state index contributed by atoms with van der Waals surface area (Å²) in [5.74, 6) is -0.909. The second-order valence-corrected chi connectivity index (χ2v) is 4.23. The highest BCUT2D eigenvalue weighted by atomic mass is 16.3. The Morgan fingerprint density at radius 1 is 0.895 bits per heavy atom. The van der Waals surface area contributed by atoms with Crippen molar-refractivity contribution in [3.63, 3.8) is 0 Å². The van der Waals surface area contributed by atoms with Gasteiger partial charge >= 0.3 is 0 Å². The summed E-state index contributed by atoms with van der Waals surface area (Å²) in [5, 5.41) is 18.5. The Hall–Kier alpha value is -2.93. The van der Waals surface area contributed by atoms with Gasteiger partial charge in [-0.25, -0.2) is 0 Å². The van der Waals surface area contributed by atoms with Crippen molar-refractivity contribution in [3.8, 4) is 11.8 Å². The lowest BCUT2D eigenvalue weighted by atomic mass is 9.83. The quantitative estimate of drug-likeness (QED) is 0.661. The summed E-state index contributed by atoms with van der Waals surface area (Å²) in [6.07, 6.45) is 0. The van der Waals surface area contributed by atoms with E-state index < -0.39 is 0 Å². The van der Waals surface area contributed by atoms with Crippen LogP contribution in [0.2, 0.25) is 0 Å². The number of aromatic hydroxyl groups is 1. The predicted molar refractivity (Wildman–Crippen MR) is 66.1 cm³/mol. The molecule has 2 aromatic carbocycles. The third kappa shape index (κ3) is 1.45. The van der Waals surface area contributed by atoms with Gasteiger partial charge < -0.3 is 5.11 Å². The van der Waals surface area contributed by atoms with Crippen molar-refractivity contribution >= 4 is 11.6 Å². The predicted octanol–water partition coefficient (Wildman–Crippen LogP) is 2.04. The summed E-state index contributed by atoms with van der Waals surface area (Å²) in [6, 6.07) is 10.8. The van der Waals surface area contributed by atoms with E-state index in [0.717, 1.165) is 0 Å². The fourth-order valence-electron chi connectivity index (χ4n) is 2.22. The van der Waals surface area contributed by atoms with Crippen LogP contribution in [0.1, 0.15) is 37.4 Å². The van der Waals surface area contributed by atoms with Crippen molar-refractivity contribution in [1.82, 2.24) is 0 Å². The summed E-state index contributed by atoms with van der Waals surface area (Å²) < 4.78 is 0. The number of rotatable bonds is 0. The van der Waals surface area contributed by atoms with Gasteiger partial charge in [0.25, 0.3) is 0 Å². The number of carbonyl (C=O) groups is 2. The van der Waals surface area contributed by atoms with E-state index in [1.165, 1.54) is 12.1 Å². The van der Waals surface area contributed by atoms with Gasteiger partial charge in [-0.15, -0.1) is 0 Å². The molecule has 19 heavy (non-hydrogen) atoms. The molecule has 1 aliphatic carbocycles. The van der Waals surface area contributed by atoms with Crippen LogP contribution >= 0.6 is 0 Å². The van der Waals surface area contributed by atoms with Gasteiger partial charge in [-0.1, -0.05) is 24.3 Å². The Balaban J connectivity index is 2.34. The number of nitriles is 1. The van der Waals surface area contributed by atoms with Crippen LogP contribution in [0.25, 0.3) is 0 Å². The molecule has 0 heterocycles. The second-order valence-electron chi connectivity index (χ2n) is 4.23. The largest absolute Gasteiger partial charge is 0.507 e. The van der Waals surface area contributed by atoms with Crippen LogP contribution in [-0.2, 0) is 0 Å². The first-order valence-corrected chi connectivity index (χ1v) is 5.59. The topological polar surface area (TPSA) is 78.2 Å². The van der Waals surface area contributed by atoms with Crippen molar-refractivity contribution < 1.29 is 14.7 Å². The molecular formula is C15H7NO3. The third-order valence-corrected chi connectivity index (χ3v) is 3.16. The maximum atomic E-state index is 12.3. The Morgan fingerprint density at radius 3 is 1.95 bits per heavy atom. The van der Waals surface area contributed by atoms with Crippen LogP contribution < -0.4 is 0 Å². The summed E-state index contributed by atoms with van der Waals surface area (Å²) in [4.78, 5) is 24.5. The molecule has 90 valence electrons. The van der Waals surface area contributed by atoms with Crippen molar-refractivity contribution in [2.75, 3.05) is 0 Å². The lowest BCUT2D eigenvalue weighted by Crippen LogP contribution is -2.20. The van der Waals surface area contributed by atoms with Gasteiger partial charge in [0.2, 0.25) is 0 Å². The minimum atomic E-state index is -0.315. The SMILES string of the molecule is N#Cc1cc2c(cc1O)C(=O)c1ccccc1C2=O. The minimum absolute atomic E-state index is 0.0146. The van der Waals surface area contributed by atoms with E-state index in [0.29, 0.717) is 11.1 Å². The molecule has 3 rings (SSSR count). The van der Waals surface area contributed by atoms with Crippen LogP contribution in [0.5, 0.6) is 5.75 Å². The molecule has 2 aromatic rings. The Bertz CT molecular complexity index is 784. The van der Waals surface area contributed by atoms with E-state index in [9.17, 15) is 14.7 Å². The first-order chi connectivity index (χ1) is 9.13. The van der Waals surface area contributed by atoms with E-state index in [1.807, 2.05) is 0 Å². The third-order valence-electron chi connectivity index (χ3n) is 3.16. The van der Waals surface area contributed by atoms with Crippen LogP contribution in [0.3, 0.4) is 0 Å². The number of nitrogens with zero attached hydrogens (tertiary/aromatic N) is 1. The number of carbonyl (C=O) groups excluding carboxylic acids is 2. The van der Waals surface area contributed by atoms with Gasteiger partial charge in [0.05, 0.1) is 5.56 Å². The van der Waals surface area contributed by atoms with Crippen molar-refractivity contribution in [2.24, 2.45) is 0 Å². The van der Waals surface area contributed by atoms with Gasteiger partial charge in [-0.05, 0) is 12.1 Å². The molecule has 1 aliphatic rings. The Morgan fingerprint density at radius 2 is 1.42 bits per heavy atom. The maximum Gasteiger partial charge on any atom is 0.194 e. The fraction of sp³-hybridized carbons (Fsp3) is 0. The van der Waals surface area contributed by atoms with Gasteiger partial charge in [-0.3, -0.25) is 9.59 Å². The molecule has 0 saturated heterocycles. The van der Waals surface area contributed by atoms with E-state index in [1.54, 1.807) is 30.3 Å². The first kappa shape index (κ1) is 11.2. The Labute approximate surface area is 108 Å². The molecule has 0 radical (unpaired) electrons. The highest BCUT2D eigenvalue weighted by Gasteiger charge is 2.30. The van der Waals surface area contributed by atoms with Crippen LogP contribution in [0.15, 0.2) is 36.4 Å². The number of fused-ring (bicyclic) bond motifs is 2. The zero-order valence-electron chi connectivity index (χ0n) is 9.68. The zero-order chi connectivity index (χ0) is 13.6. The molecule has 4 nitrogen and oxygen atoms in total. The molecule has 0 aromatic heterocycles. The molecule has 0 atom stereocenters. The number of phenols is 1. The number of ketones is 2. The molecule has 0 amide bonds. The molecule has 0 aliphatic heterocycles. The average Bonchev–Trinajstić information content (AvgIpc) is 2.44. The second kappa shape index (κ2) is 3.79. The molecule has 4 heteroatoms. The van der Waals surface area contributed by atoms with Gasteiger partial charge in [0, 0.05) is 22.3 Å². The van der Waals surface area contributed by atoms with E-state index in [2.05, 4.69) is 0 Å². The van der Waals surface area contributed by atoms with E-state index >= 15 is 0 Å². The van der Waals surface area contributed by atoms with Gasteiger partial charge in [-0.2, -0.15) is 5.26 Å². The molecule has 1 N–H and O–H groups in total. The number of hydrogen-bond donors (Lipinski definition) is 1. The van der Waals surface area contributed by atoms with Crippen molar-refractivity contribution in [3.05, 3.63) is 64.2 Å². The van der Waals surface area contributed by atoms with Gasteiger partial charge in [0.1, 0.15) is 11.8 Å². The fourth-order valence-corrected chi connectivity index (χ4v) is 2.22. The summed E-state index contributed by atoms with van der Waals surface area (Å²) in [6.45, 7) is 0. The highest BCUT2D eigenvalue weighted by Crippen LogP contribution is 2.31. The zero-order valence-corrected chi connectivity index (χ0v) is 9.68. The van der Waals surface area contributed by atoms with Crippen LogP contribution in [-0.4, -0.2) is 16.7 Å². The van der Waals surface area contributed by atoms with Gasteiger partial charge in [0.15, 0.2) is 11.6 Å². The van der Waals surface area contributed by atoms with Crippen LogP contribution in [0, 0.1) is 11.3 Å². The van der Waals surface area contributed by atoms with E-state index in [-0.39, 0.29) is 34.0 Å². The summed E-state index contributed by atoms with van der Waals surface area (Å²) >= 11 is 0. The Kier molecular flexibility index (Phi) is 2.23. The number of benzene rings is 2. The number of phenolic OH excluding ortho intramolecular Hbond substituents is 1. The molecule has 0 saturated carbocycles. The molecule has 0 fully saturated rings. The monoisotopic (exact) mass is 249 g/mol. The smallest absolute Gasteiger partial charge is 0.194 e. The lowest BCUT2D eigenvalue weighted by Gasteiger charge is -2.17. The van der Waals surface area contributed by atoms with Crippen LogP contribution in [0.4, 0.5) is 0 Å². The lowest BCUT2D eigenvalue weighted by molar-refractivity contribution is 0.0979. The molecule has 0 bridgehead atoms.